The van der Waals surface area contributed by atoms with E-state index in [1.165, 1.54) is 0 Å². The predicted octanol–water partition coefficient (Wildman–Crippen LogP) is -0.142. The van der Waals surface area contributed by atoms with Crippen molar-refractivity contribution in [1.82, 2.24) is 14.9 Å². The average molecular weight is 368 g/mol. The van der Waals surface area contributed by atoms with E-state index in [1.807, 2.05) is 6.92 Å². The van der Waals surface area contributed by atoms with Crippen LogP contribution in [0.4, 0.5) is 0 Å². The van der Waals surface area contributed by atoms with Gasteiger partial charge in [-0.1, -0.05) is 0 Å². The first kappa shape index (κ1) is 18.9. The number of morpholine rings is 1. The number of carbonyl (C=O) groups excluding carboxylic acids is 1. The Labute approximate surface area is 144 Å². The highest BCUT2D eigenvalue weighted by Crippen LogP contribution is 2.32. The van der Waals surface area contributed by atoms with Crippen molar-refractivity contribution in [3.8, 4) is 0 Å². The molecule has 134 valence electrons. The third-order valence-corrected chi connectivity index (χ3v) is 7.10. The van der Waals surface area contributed by atoms with Crippen molar-refractivity contribution in [1.29, 1.82) is 0 Å². The Kier molecular flexibility index (Phi) is 6.29. The van der Waals surface area contributed by atoms with Gasteiger partial charge in [0.1, 0.15) is 6.04 Å². The number of rotatable bonds is 4. The van der Waals surface area contributed by atoms with E-state index in [9.17, 15) is 13.2 Å². The summed E-state index contributed by atoms with van der Waals surface area (Å²) in [5.41, 5.74) is 0. The van der Waals surface area contributed by atoms with Gasteiger partial charge in [-0.15, -0.1) is 12.4 Å². The second-order valence-electron chi connectivity index (χ2n) is 6.43. The number of nitrogens with zero attached hydrogens (tertiary/aromatic N) is 1. The Morgan fingerprint density at radius 1 is 1.22 bits per heavy atom. The molecule has 2 N–H and O–H groups in total. The molecule has 0 spiro atoms. The second-order valence-corrected chi connectivity index (χ2v) is 8.65. The van der Waals surface area contributed by atoms with E-state index < -0.39 is 10.0 Å². The summed E-state index contributed by atoms with van der Waals surface area (Å²) >= 11 is 0. The monoisotopic (exact) mass is 367 g/mol. The molecule has 9 heteroatoms. The van der Waals surface area contributed by atoms with Crippen LogP contribution in [-0.4, -0.2) is 68.3 Å². The molecule has 23 heavy (non-hydrogen) atoms. The number of halogens is 1. The van der Waals surface area contributed by atoms with Crippen LogP contribution in [0.2, 0.25) is 0 Å². The van der Waals surface area contributed by atoms with Crippen LogP contribution in [0.5, 0.6) is 0 Å². The summed E-state index contributed by atoms with van der Waals surface area (Å²) in [4.78, 5) is 12.3. The van der Waals surface area contributed by atoms with Crippen LogP contribution in [0.3, 0.4) is 0 Å². The van der Waals surface area contributed by atoms with Crippen LogP contribution in [0.1, 0.15) is 32.6 Å². The standard InChI is InChI=1S/C14H25N3O4S.ClH/c1-10-13(15-6-9-21-10)14(18)16-11-4-7-17(8-5-11)22(19,20)12-2-3-12;/h10-13,15H,2-9H2,1H3,(H,16,18);1H/t10-,13+;/m1./s1. The van der Waals surface area contributed by atoms with Gasteiger partial charge in [-0.05, 0) is 32.6 Å². The van der Waals surface area contributed by atoms with Crippen LogP contribution >= 0.6 is 12.4 Å². The van der Waals surface area contributed by atoms with E-state index in [-0.39, 0.29) is 41.8 Å². The van der Waals surface area contributed by atoms with Crippen molar-refractivity contribution in [3.63, 3.8) is 0 Å². The molecule has 2 saturated heterocycles. The smallest absolute Gasteiger partial charge is 0.240 e. The molecule has 0 aromatic heterocycles. The van der Waals surface area contributed by atoms with Gasteiger partial charge in [0.2, 0.25) is 15.9 Å². The van der Waals surface area contributed by atoms with E-state index in [4.69, 9.17) is 4.74 Å². The number of piperidine rings is 1. The maximum Gasteiger partial charge on any atom is 0.240 e. The highest BCUT2D eigenvalue weighted by Gasteiger charge is 2.41. The van der Waals surface area contributed by atoms with Gasteiger partial charge in [0.05, 0.1) is 18.0 Å². The molecule has 1 saturated carbocycles. The molecule has 3 fully saturated rings. The Morgan fingerprint density at radius 3 is 2.43 bits per heavy atom. The van der Waals surface area contributed by atoms with Gasteiger partial charge >= 0.3 is 0 Å². The first-order valence-corrected chi connectivity index (χ1v) is 9.63. The molecule has 2 heterocycles. The lowest BCUT2D eigenvalue weighted by Crippen LogP contribution is -2.58. The quantitative estimate of drug-likeness (QED) is 0.722. The molecule has 0 aromatic rings. The zero-order valence-electron chi connectivity index (χ0n) is 13.4. The van der Waals surface area contributed by atoms with Gasteiger partial charge in [-0.2, -0.15) is 0 Å². The van der Waals surface area contributed by atoms with E-state index in [1.54, 1.807) is 4.31 Å². The predicted molar refractivity (Wildman–Crippen MR) is 89.1 cm³/mol. The molecule has 0 radical (unpaired) electrons. The molecule has 0 unspecified atom stereocenters. The topological polar surface area (TPSA) is 87.7 Å². The molecule has 3 aliphatic rings. The molecule has 2 aliphatic heterocycles. The van der Waals surface area contributed by atoms with Crippen LogP contribution in [0.15, 0.2) is 0 Å². The van der Waals surface area contributed by atoms with Gasteiger partial charge in [0.15, 0.2) is 0 Å². The number of hydrogen-bond donors (Lipinski definition) is 2. The van der Waals surface area contributed by atoms with E-state index in [2.05, 4.69) is 10.6 Å². The summed E-state index contributed by atoms with van der Waals surface area (Å²) in [5.74, 6) is -0.0456. The van der Waals surface area contributed by atoms with Crippen molar-refractivity contribution in [2.45, 2.75) is 56.0 Å². The minimum absolute atomic E-state index is 0. The molecule has 0 aromatic carbocycles. The maximum absolute atomic E-state index is 12.3. The molecule has 1 amide bonds. The maximum atomic E-state index is 12.3. The Balaban J connectivity index is 0.00000192. The minimum atomic E-state index is -3.08. The summed E-state index contributed by atoms with van der Waals surface area (Å²) in [7, 11) is -3.08. The highest BCUT2D eigenvalue weighted by atomic mass is 35.5. The van der Waals surface area contributed by atoms with Crippen LogP contribution in [0, 0.1) is 0 Å². The van der Waals surface area contributed by atoms with Crippen molar-refractivity contribution in [2.75, 3.05) is 26.2 Å². The Hall–Kier alpha value is -0.410. The molecule has 1 aliphatic carbocycles. The van der Waals surface area contributed by atoms with Gasteiger partial charge in [0.25, 0.3) is 0 Å². The number of amides is 1. The van der Waals surface area contributed by atoms with Crippen molar-refractivity contribution in [3.05, 3.63) is 0 Å². The summed E-state index contributed by atoms with van der Waals surface area (Å²) in [6.45, 7) is 4.21. The molecule has 3 rings (SSSR count). The molecular formula is C14H26ClN3O4S. The first-order valence-electron chi connectivity index (χ1n) is 8.13. The fraction of sp³-hybridized carbons (Fsp3) is 0.929. The average Bonchev–Trinajstić information content (AvgIpc) is 3.33. The van der Waals surface area contributed by atoms with Gasteiger partial charge in [0, 0.05) is 25.7 Å². The van der Waals surface area contributed by atoms with Crippen molar-refractivity contribution in [2.24, 2.45) is 0 Å². The summed E-state index contributed by atoms with van der Waals surface area (Å²) in [6.07, 6.45) is 2.82. The third-order valence-electron chi connectivity index (χ3n) is 4.70. The van der Waals surface area contributed by atoms with E-state index in [0.29, 0.717) is 39.1 Å². The lowest BCUT2D eigenvalue weighted by atomic mass is 10.0. The summed E-state index contributed by atoms with van der Waals surface area (Å²) in [5, 5.41) is 6.05. The number of hydrogen-bond acceptors (Lipinski definition) is 5. The van der Waals surface area contributed by atoms with E-state index >= 15 is 0 Å². The molecule has 7 nitrogen and oxygen atoms in total. The third kappa shape index (κ3) is 4.36. The van der Waals surface area contributed by atoms with Crippen molar-refractivity contribution < 1.29 is 17.9 Å². The summed E-state index contributed by atoms with van der Waals surface area (Å²) < 4.78 is 31.4. The van der Waals surface area contributed by atoms with E-state index in [0.717, 1.165) is 12.8 Å². The number of carbonyl (C=O) groups is 1. The Bertz CT molecular complexity index is 518. The highest BCUT2D eigenvalue weighted by molar-refractivity contribution is 7.90. The van der Waals surface area contributed by atoms with Crippen molar-refractivity contribution >= 4 is 28.3 Å². The van der Waals surface area contributed by atoms with Crippen LogP contribution in [0.25, 0.3) is 0 Å². The SMILES string of the molecule is C[C@H]1OCCN[C@@H]1C(=O)NC1CCN(S(=O)(=O)C2CC2)CC1.Cl. The van der Waals surface area contributed by atoms with Gasteiger partial charge in [-0.3, -0.25) is 4.79 Å². The fourth-order valence-electron chi connectivity index (χ4n) is 3.15. The Morgan fingerprint density at radius 2 is 1.87 bits per heavy atom. The zero-order chi connectivity index (χ0) is 15.7. The van der Waals surface area contributed by atoms with Gasteiger partial charge in [-0.25, -0.2) is 12.7 Å². The minimum Gasteiger partial charge on any atom is -0.375 e. The van der Waals surface area contributed by atoms with Crippen LogP contribution in [-0.2, 0) is 19.6 Å². The largest absolute Gasteiger partial charge is 0.375 e. The number of ether oxygens (including phenoxy) is 1. The first-order chi connectivity index (χ1) is 10.5. The fourth-order valence-corrected chi connectivity index (χ4v) is 5.02. The van der Waals surface area contributed by atoms with Crippen LogP contribution < -0.4 is 10.6 Å². The molecule has 0 bridgehead atoms. The second kappa shape index (κ2) is 7.65. The lowest BCUT2D eigenvalue weighted by molar-refractivity contribution is -0.129. The normalized spacial score (nSPS) is 30.5. The lowest BCUT2D eigenvalue weighted by Gasteiger charge is -2.34. The molecule has 2 atom stereocenters. The zero-order valence-corrected chi connectivity index (χ0v) is 15.0. The number of sulfonamides is 1. The molecular weight excluding hydrogens is 342 g/mol. The summed E-state index contributed by atoms with van der Waals surface area (Å²) in [6, 6.07) is -0.268. The van der Waals surface area contributed by atoms with Gasteiger partial charge < -0.3 is 15.4 Å². The number of nitrogens with one attached hydrogen (secondary N) is 2.